The Hall–Kier alpha value is -2.15. The molecule has 1 aliphatic rings. The summed E-state index contributed by atoms with van der Waals surface area (Å²) in [6.45, 7) is 5.04. The van der Waals surface area contributed by atoms with Gasteiger partial charge in [0.05, 0.1) is 6.54 Å². The first-order chi connectivity index (χ1) is 11.3. The lowest BCUT2D eigenvalue weighted by atomic mass is 9.98. The van der Waals surface area contributed by atoms with Gasteiger partial charge in [0.15, 0.2) is 0 Å². The van der Waals surface area contributed by atoms with Crippen LogP contribution in [0.1, 0.15) is 12.8 Å². The number of anilines is 2. The van der Waals surface area contributed by atoms with E-state index in [0.29, 0.717) is 5.92 Å². The third-order valence-corrected chi connectivity index (χ3v) is 4.26. The molecule has 2 aromatic heterocycles. The molecule has 124 valence electrons. The normalized spacial score (nSPS) is 18.1. The molecule has 0 unspecified atom stereocenters. The van der Waals surface area contributed by atoms with Crippen molar-refractivity contribution in [2.24, 2.45) is 5.92 Å². The standard InChI is InChI=1S/C16H25N7/c1-17-15-10-16(20-13-19-15)22-7-2-4-14(12-22)11-18-6-9-23-8-3-5-21-23/h3,5,8,10,13-14,18H,2,4,6-7,9,11-12H2,1H3,(H,17,19,20)/t14-/m1/s1. The molecule has 0 aromatic carbocycles. The third kappa shape index (κ3) is 4.41. The van der Waals surface area contributed by atoms with E-state index in [9.17, 15) is 0 Å². The van der Waals surface area contributed by atoms with Crippen molar-refractivity contribution in [2.45, 2.75) is 19.4 Å². The molecule has 1 fully saturated rings. The fourth-order valence-corrected chi connectivity index (χ4v) is 3.03. The van der Waals surface area contributed by atoms with Gasteiger partial charge in [0.1, 0.15) is 18.0 Å². The van der Waals surface area contributed by atoms with Crippen LogP contribution < -0.4 is 15.5 Å². The number of hydrogen-bond donors (Lipinski definition) is 2. The number of nitrogens with one attached hydrogen (secondary N) is 2. The Morgan fingerprint density at radius 1 is 1.35 bits per heavy atom. The molecule has 7 nitrogen and oxygen atoms in total. The minimum absolute atomic E-state index is 0.661. The first-order valence-corrected chi connectivity index (χ1v) is 8.28. The molecule has 1 aliphatic heterocycles. The topological polar surface area (TPSA) is 70.9 Å². The van der Waals surface area contributed by atoms with Crippen LogP contribution in [-0.4, -0.2) is 53.0 Å². The summed E-state index contributed by atoms with van der Waals surface area (Å²) in [5, 5.41) is 10.8. The predicted octanol–water partition coefficient (Wildman–Crippen LogP) is 1.22. The molecule has 0 amide bonds. The Kier molecular flexibility index (Phi) is 5.42. The molecule has 3 rings (SSSR count). The minimum Gasteiger partial charge on any atom is -0.373 e. The fourth-order valence-electron chi connectivity index (χ4n) is 3.03. The van der Waals surface area contributed by atoms with Crippen LogP contribution in [0.3, 0.4) is 0 Å². The SMILES string of the molecule is CNc1cc(N2CCC[C@H](CNCCn3cccn3)C2)ncn1. The Morgan fingerprint density at radius 3 is 3.13 bits per heavy atom. The van der Waals surface area contributed by atoms with E-state index in [1.165, 1.54) is 12.8 Å². The van der Waals surface area contributed by atoms with Gasteiger partial charge in [-0.3, -0.25) is 4.68 Å². The van der Waals surface area contributed by atoms with Crippen molar-refractivity contribution < 1.29 is 0 Å². The minimum atomic E-state index is 0.661. The molecule has 2 N–H and O–H groups in total. The van der Waals surface area contributed by atoms with Gasteiger partial charge in [0.2, 0.25) is 0 Å². The molecule has 0 radical (unpaired) electrons. The van der Waals surface area contributed by atoms with Gasteiger partial charge in [-0.25, -0.2) is 9.97 Å². The second kappa shape index (κ2) is 7.92. The Morgan fingerprint density at radius 2 is 2.30 bits per heavy atom. The summed E-state index contributed by atoms with van der Waals surface area (Å²) >= 11 is 0. The van der Waals surface area contributed by atoms with Crippen molar-refractivity contribution in [3.63, 3.8) is 0 Å². The van der Waals surface area contributed by atoms with Crippen LogP contribution in [0.4, 0.5) is 11.6 Å². The highest BCUT2D eigenvalue weighted by molar-refractivity contribution is 5.48. The molecule has 0 spiro atoms. The van der Waals surface area contributed by atoms with Gasteiger partial charge >= 0.3 is 0 Å². The summed E-state index contributed by atoms with van der Waals surface area (Å²) in [6, 6.07) is 3.98. The Labute approximate surface area is 137 Å². The molecule has 0 saturated carbocycles. The number of aromatic nitrogens is 4. The van der Waals surface area contributed by atoms with Gasteiger partial charge in [-0.2, -0.15) is 5.10 Å². The van der Waals surface area contributed by atoms with Crippen molar-refractivity contribution in [1.82, 2.24) is 25.1 Å². The monoisotopic (exact) mass is 315 g/mol. The molecule has 3 heterocycles. The molecule has 1 saturated heterocycles. The molecular formula is C16H25N7. The molecule has 0 aliphatic carbocycles. The molecule has 23 heavy (non-hydrogen) atoms. The second-order valence-corrected chi connectivity index (χ2v) is 5.94. The summed E-state index contributed by atoms with van der Waals surface area (Å²) < 4.78 is 1.96. The van der Waals surface area contributed by atoms with Crippen LogP contribution in [0.5, 0.6) is 0 Å². The Balaban J connectivity index is 1.46. The average molecular weight is 315 g/mol. The largest absolute Gasteiger partial charge is 0.373 e. The van der Waals surface area contributed by atoms with E-state index >= 15 is 0 Å². The van der Waals surface area contributed by atoms with Crippen LogP contribution in [0, 0.1) is 5.92 Å². The number of piperidine rings is 1. The molecule has 0 bridgehead atoms. The zero-order valence-electron chi connectivity index (χ0n) is 13.6. The average Bonchev–Trinajstić information content (AvgIpc) is 3.12. The van der Waals surface area contributed by atoms with Crippen molar-refractivity contribution in [2.75, 3.05) is 43.4 Å². The van der Waals surface area contributed by atoms with Gasteiger partial charge in [-0.15, -0.1) is 0 Å². The van der Waals surface area contributed by atoms with E-state index in [2.05, 4.69) is 30.6 Å². The lowest BCUT2D eigenvalue weighted by Crippen LogP contribution is -2.40. The summed E-state index contributed by atoms with van der Waals surface area (Å²) in [5.74, 6) is 2.55. The Bertz CT molecular complexity index is 584. The van der Waals surface area contributed by atoms with Crippen LogP contribution in [0.2, 0.25) is 0 Å². The second-order valence-electron chi connectivity index (χ2n) is 5.94. The van der Waals surface area contributed by atoms with Crippen molar-refractivity contribution >= 4 is 11.6 Å². The van der Waals surface area contributed by atoms with Crippen LogP contribution in [0.25, 0.3) is 0 Å². The lowest BCUT2D eigenvalue weighted by Gasteiger charge is -2.33. The van der Waals surface area contributed by atoms with Crippen molar-refractivity contribution in [3.05, 3.63) is 30.9 Å². The summed E-state index contributed by atoms with van der Waals surface area (Å²) in [5.41, 5.74) is 0. The first-order valence-electron chi connectivity index (χ1n) is 8.28. The van der Waals surface area contributed by atoms with E-state index < -0.39 is 0 Å². The van der Waals surface area contributed by atoms with E-state index in [-0.39, 0.29) is 0 Å². The fraction of sp³-hybridized carbons (Fsp3) is 0.562. The molecule has 2 aromatic rings. The zero-order chi connectivity index (χ0) is 15.9. The van der Waals surface area contributed by atoms with Gasteiger partial charge in [-0.1, -0.05) is 0 Å². The van der Waals surface area contributed by atoms with Crippen LogP contribution in [0.15, 0.2) is 30.9 Å². The van der Waals surface area contributed by atoms with E-state index in [4.69, 9.17) is 0 Å². The molecular weight excluding hydrogens is 290 g/mol. The van der Waals surface area contributed by atoms with Crippen molar-refractivity contribution in [1.29, 1.82) is 0 Å². The maximum atomic E-state index is 4.42. The molecule has 1 atom stereocenters. The summed E-state index contributed by atoms with van der Waals surface area (Å²) in [6.07, 6.45) is 7.94. The number of nitrogens with zero attached hydrogens (tertiary/aromatic N) is 5. The van der Waals surface area contributed by atoms with E-state index in [1.807, 2.05) is 36.3 Å². The summed E-state index contributed by atoms with van der Waals surface area (Å²) in [4.78, 5) is 11.0. The van der Waals surface area contributed by atoms with E-state index in [1.54, 1.807) is 6.33 Å². The van der Waals surface area contributed by atoms with Crippen LogP contribution >= 0.6 is 0 Å². The third-order valence-electron chi connectivity index (χ3n) is 4.26. The van der Waals surface area contributed by atoms with Crippen molar-refractivity contribution in [3.8, 4) is 0 Å². The number of hydrogen-bond acceptors (Lipinski definition) is 6. The van der Waals surface area contributed by atoms with Gasteiger partial charge < -0.3 is 15.5 Å². The molecule has 7 heteroatoms. The lowest BCUT2D eigenvalue weighted by molar-refractivity contribution is 0.385. The number of rotatable bonds is 7. The smallest absolute Gasteiger partial charge is 0.134 e. The van der Waals surface area contributed by atoms with E-state index in [0.717, 1.165) is 44.4 Å². The predicted molar refractivity (Wildman–Crippen MR) is 91.6 cm³/mol. The summed E-state index contributed by atoms with van der Waals surface area (Å²) in [7, 11) is 1.88. The van der Waals surface area contributed by atoms with Gasteiger partial charge in [-0.05, 0) is 31.4 Å². The van der Waals surface area contributed by atoms with Gasteiger partial charge in [0, 0.05) is 45.1 Å². The zero-order valence-corrected chi connectivity index (χ0v) is 13.6. The van der Waals surface area contributed by atoms with Crippen LogP contribution in [-0.2, 0) is 6.54 Å². The quantitative estimate of drug-likeness (QED) is 0.749. The maximum absolute atomic E-state index is 4.42. The van der Waals surface area contributed by atoms with Gasteiger partial charge in [0.25, 0.3) is 0 Å². The highest BCUT2D eigenvalue weighted by Gasteiger charge is 2.20. The maximum Gasteiger partial charge on any atom is 0.134 e. The highest BCUT2D eigenvalue weighted by Crippen LogP contribution is 2.22. The first kappa shape index (κ1) is 15.7. The highest BCUT2D eigenvalue weighted by atomic mass is 15.3.